The van der Waals surface area contributed by atoms with Crippen molar-refractivity contribution in [2.24, 2.45) is 29.6 Å². The number of ether oxygens (including phenoxy) is 2. The Morgan fingerprint density at radius 3 is 2.46 bits per heavy atom. The third kappa shape index (κ3) is 5.19. The van der Waals surface area contributed by atoms with Crippen LogP contribution in [0.5, 0.6) is 11.5 Å². The monoisotopic (exact) mass is 785 g/mol. The largest absolute Gasteiger partial charge is 0.493 e. The van der Waals surface area contributed by atoms with Crippen LogP contribution in [0.2, 0.25) is 10.0 Å². The Hall–Kier alpha value is -3.29. The summed E-state index contributed by atoms with van der Waals surface area (Å²) in [4.78, 5) is 58.4. The zero-order valence-electron chi connectivity index (χ0n) is 25.1. The lowest BCUT2D eigenvalue weighted by molar-refractivity contribution is -0.123. The number of nitrogens with one attached hydrogen (secondary N) is 2. The van der Waals surface area contributed by atoms with Gasteiger partial charge in [0.05, 0.1) is 39.7 Å². The third-order valence-electron chi connectivity index (χ3n) is 9.92. The van der Waals surface area contributed by atoms with E-state index in [0.717, 1.165) is 26.4 Å². The van der Waals surface area contributed by atoms with Gasteiger partial charge in [-0.3, -0.25) is 24.1 Å². The quantitative estimate of drug-likeness (QED) is 0.190. The maximum atomic E-state index is 14.0. The van der Waals surface area contributed by atoms with Crippen LogP contribution in [-0.2, 0) is 14.4 Å². The molecule has 2 aliphatic heterocycles. The molecule has 0 spiro atoms. The van der Waals surface area contributed by atoms with Crippen molar-refractivity contribution >= 4 is 91.3 Å². The number of rotatable bonds is 7. The van der Waals surface area contributed by atoms with E-state index in [1.54, 1.807) is 48.2 Å². The van der Waals surface area contributed by atoms with Crippen LogP contribution in [-0.4, -0.2) is 41.7 Å². The van der Waals surface area contributed by atoms with Crippen molar-refractivity contribution < 1.29 is 23.9 Å². The number of carbonyl (C=O) groups is 3. The molecule has 4 aliphatic rings. The van der Waals surface area contributed by atoms with Gasteiger partial charge in [0.25, 0.3) is 5.91 Å². The van der Waals surface area contributed by atoms with E-state index in [9.17, 15) is 19.2 Å². The second-order valence-corrected chi connectivity index (χ2v) is 16.3. The summed E-state index contributed by atoms with van der Waals surface area (Å²) in [5, 5.41) is 4.31. The first kappa shape index (κ1) is 31.9. The zero-order chi connectivity index (χ0) is 33.4. The van der Waals surface area contributed by atoms with Gasteiger partial charge in [-0.25, -0.2) is 0 Å². The highest BCUT2D eigenvalue weighted by Crippen LogP contribution is 2.68. The molecule has 7 atom stereocenters. The summed E-state index contributed by atoms with van der Waals surface area (Å²) in [6.45, 7) is -0.276. The number of amides is 3. The number of aromatic nitrogens is 1. The topological polar surface area (TPSA) is 118 Å². The van der Waals surface area contributed by atoms with Crippen molar-refractivity contribution in [1.82, 2.24) is 4.98 Å². The van der Waals surface area contributed by atoms with Crippen molar-refractivity contribution in [2.45, 2.75) is 22.6 Å². The van der Waals surface area contributed by atoms with E-state index in [-0.39, 0.29) is 58.1 Å². The smallest absolute Gasteiger partial charge is 0.305 e. The molecule has 1 saturated heterocycles. The van der Waals surface area contributed by atoms with E-state index >= 15 is 0 Å². The van der Waals surface area contributed by atoms with Crippen LogP contribution in [0.1, 0.15) is 22.8 Å². The normalized spacial score (nSPS) is 26.7. The molecule has 2 saturated carbocycles. The maximum Gasteiger partial charge on any atom is 0.305 e. The molecule has 14 heteroatoms. The third-order valence-corrected chi connectivity index (χ3v) is 13.8. The number of anilines is 2. The van der Waals surface area contributed by atoms with Crippen molar-refractivity contribution in [3.63, 3.8) is 0 Å². The van der Waals surface area contributed by atoms with E-state index < -0.39 is 11.8 Å². The number of benzene rings is 3. The lowest BCUT2D eigenvalue weighted by Gasteiger charge is -2.43. The number of fused-ring (bicyclic) bond motifs is 9. The Bertz CT molecular complexity index is 2050. The second kappa shape index (κ2) is 12.2. The summed E-state index contributed by atoms with van der Waals surface area (Å²) >= 11 is 18.3. The van der Waals surface area contributed by atoms with Gasteiger partial charge in [0.2, 0.25) is 11.8 Å². The first-order valence-electron chi connectivity index (χ1n) is 15.2. The Balaban J connectivity index is 1.08. The minimum Gasteiger partial charge on any atom is -0.493 e. The lowest BCUT2D eigenvalue weighted by Crippen LogP contribution is -2.42. The van der Waals surface area contributed by atoms with Crippen LogP contribution < -0.4 is 24.6 Å². The predicted octanol–water partition coefficient (Wildman–Crippen LogP) is 7.21. The summed E-state index contributed by atoms with van der Waals surface area (Å²) in [7, 11) is 1.53. The van der Waals surface area contributed by atoms with Gasteiger partial charge < -0.3 is 19.8 Å². The van der Waals surface area contributed by atoms with E-state index in [1.807, 2.05) is 24.3 Å². The minimum absolute atomic E-state index is 0.00415. The Labute approximate surface area is 301 Å². The van der Waals surface area contributed by atoms with Crippen LogP contribution in [0.3, 0.4) is 0 Å². The van der Waals surface area contributed by atoms with Crippen molar-refractivity contribution in [3.8, 4) is 11.5 Å². The molecular weight excluding hydrogens is 761 g/mol. The zero-order valence-corrected chi connectivity index (χ0v) is 29.8. The maximum absolute atomic E-state index is 14.0. The molecule has 48 heavy (non-hydrogen) atoms. The fourth-order valence-corrected chi connectivity index (χ4v) is 11.6. The molecule has 4 unspecified atom stereocenters. The van der Waals surface area contributed by atoms with Crippen LogP contribution >= 0.6 is 62.2 Å². The number of methoxy groups -OCH3 is 1. The molecule has 3 amide bonds. The first-order valence-corrected chi connectivity index (χ1v) is 18.5. The van der Waals surface area contributed by atoms with Crippen LogP contribution in [0.25, 0.3) is 0 Å². The van der Waals surface area contributed by atoms with Gasteiger partial charge >= 0.3 is 4.87 Å². The lowest BCUT2D eigenvalue weighted by atomic mass is 9.68. The van der Waals surface area contributed by atoms with E-state index in [1.165, 1.54) is 23.3 Å². The number of hydrogen-bond donors (Lipinski definition) is 2. The summed E-state index contributed by atoms with van der Waals surface area (Å²) in [5.74, 6) is -0.847. The molecule has 246 valence electrons. The highest BCUT2D eigenvalue weighted by atomic mass is 79.9. The van der Waals surface area contributed by atoms with Crippen LogP contribution in [0.4, 0.5) is 11.4 Å². The number of nitrogens with zero attached hydrogens (tertiary/aromatic N) is 1. The number of thiazole rings is 1. The van der Waals surface area contributed by atoms with Gasteiger partial charge in [-0.2, -0.15) is 0 Å². The van der Waals surface area contributed by atoms with Crippen molar-refractivity contribution in [2.75, 3.05) is 23.9 Å². The average molecular weight is 788 g/mol. The number of thioether (sulfide) groups is 1. The van der Waals surface area contributed by atoms with Gasteiger partial charge in [-0.15, -0.1) is 11.8 Å². The Morgan fingerprint density at radius 2 is 1.73 bits per heavy atom. The fourth-order valence-electron chi connectivity index (χ4n) is 8.15. The van der Waals surface area contributed by atoms with Crippen molar-refractivity contribution in [3.05, 3.63) is 95.3 Å². The number of hydrogen-bond acceptors (Lipinski definition) is 8. The van der Waals surface area contributed by atoms with E-state index in [4.69, 9.17) is 32.7 Å². The Kier molecular flexibility index (Phi) is 8.15. The van der Waals surface area contributed by atoms with Crippen molar-refractivity contribution in [1.29, 1.82) is 0 Å². The van der Waals surface area contributed by atoms with Gasteiger partial charge in [-0.1, -0.05) is 56.5 Å². The van der Waals surface area contributed by atoms with Gasteiger partial charge in [-0.05, 0) is 84.3 Å². The standard InChI is InChI=1S/C34H26BrCl2N3O6S2/c1-45-23-10-14(2-9-22(23)46-13-24(41)38-16-5-8-20(36)21(37)11-16)25-26-18-12-19(29(26)47-31-30(25)48-34(44)39-31)28-27(18)32(42)40(33(28)43)17-6-3-15(35)4-7-17/h2-11,18-19,25-29H,12-13H2,1H3,(H,38,41)(H,39,44)/t18-,19-,25-,26?,27?,28?,29?/m1/s1. The molecule has 0 radical (unpaired) electrons. The summed E-state index contributed by atoms with van der Waals surface area (Å²) in [6, 6.07) is 17.6. The summed E-state index contributed by atoms with van der Waals surface area (Å²) < 4.78 is 12.5. The number of H-pyrrole nitrogens is 1. The second-order valence-electron chi connectivity index (χ2n) is 12.3. The molecule has 8 rings (SSSR count). The molecule has 1 aromatic heterocycles. The van der Waals surface area contributed by atoms with Gasteiger partial charge in [0.15, 0.2) is 18.1 Å². The summed E-state index contributed by atoms with van der Waals surface area (Å²) in [5.41, 5.74) is 1.99. The fraction of sp³-hybridized carbons (Fsp3) is 0.294. The molecule has 3 aromatic carbocycles. The molecule has 2 N–H and O–H groups in total. The molecule has 4 aromatic rings. The number of imide groups is 1. The van der Waals surface area contributed by atoms with Gasteiger partial charge in [0, 0.05) is 26.2 Å². The number of carbonyl (C=O) groups excluding carboxylic acids is 3. The predicted molar refractivity (Wildman–Crippen MR) is 189 cm³/mol. The highest BCUT2D eigenvalue weighted by molar-refractivity contribution is 9.10. The molecular formula is C34H26BrCl2N3O6S2. The minimum atomic E-state index is -0.411. The highest BCUT2D eigenvalue weighted by Gasteiger charge is 2.69. The molecule has 3 heterocycles. The number of halogens is 3. The van der Waals surface area contributed by atoms with Crippen LogP contribution in [0, 0.1) is 29.6 Å². The molecule has 9 nitrogen and oxygen atoms in total. The number of aromatic amines is 1. The van der Waals surface area contributed by atoms with Gasteiger partial charge in [0.1, 0.15) is 0 Å². The Morgan fingerprint density at radius 1 is 0.979 bits per heavy atom. The SMILES string of the molecule is COc1cc([C@H]2c3sc(=O)[nH]c3SC3C2[C@H]2C[C@@H]3C3C(=O)N(c4ccc(Br)cc4)C(=O)C32)ccc1OCC(=O)Nc1ccc(Cl)c(Cl)c1. The molecule has 2 aliphatic carbocycles. The van der Waals surface area contributed by atoms with E-state index in [0.29, 0.717) is 32.9 Å². The summed E-state index contributed by atoms with van der Waals surface area (Å²) in [6.07, 6.45) is 0.783. The molecule has 3 fully saturated rings. The molecule has 2 bridgehead atoms. The average Bonchev–Trinajstić information content (AvgIpc) is 3.81. The van der Waals surface area contributed by atoms with E-state index in [2.05, 4.69) is 26.2 Å². The first-order chi connectivity index (χ1) is 23.1. The van der Waals surface area contributed by atoms with Crippen LogP contribution in [0.15, 0.2) is 75.0 Å².